The molecule has 0 bridgehead atoms. The summed E-state index contributed by atoms with van der Waals surface area (Å²) in [5.74, 6) is 1.58. The number of aromatic hydroxyl groups is 2. The number of phenolic OH excluding ortho intramolecular Hbond substituents is 2. The van der Waals surface area contributed by atoms with Gasteiger partial charge in [-0.25, -0.2) is 0 Å². The third-order valence-corrected chi connectivity index (χ3v) is 2.60. The van der Waals surface area contributed by atoms with Gasteiger partial charge in [0.2, 0.25) is 0 Å². The molecule has 0 saturated heterocycles. The summed E-state index contributed by atoms with van der Waals surface area (Å²) >= 11 is 3.28. The van der Waals surface area contributed by atoms with Gasteiger partial charge in [0.15, 0.2) is 0 Å². The molecule has 0 heterocycles. The van der Waals surface area contributed by atoms with Gasteiger partial charge in [0.25, 0.3) is 0 Å². The van der Waals surface area contributed by atoms with Gasteiger partial charge in [0.05, 0.1) is 4.47 Å². The highest BCUT2D eigenvalue weighted by Gasteiger charge is 2.03. The molecular formula is C12H9BrO3. The number of hydrogen-bond donors (Lipinski definition) is 2. The van der Waals surface area contributed by atoms with Crippen molar-refractivity contribution in [2.45, 2.75) is 0 Å². The zero-order valence-electron chi connectivity index (χ0n) is 8.22. The van der Waals surface area contributed by atoms with Crippen LogP contribution >= 0.6 is 15.9 Å². The molecule has 2 aromatic rings. The highest BCUT2D eigenvalue weighted by molar-refractivity contribution is 9.10. The first-order valence-electron chi connectivity index (χ1n) is 4.60. The summed E-state index contributed by atoms with van der Waals surface area (Å²) in [6.07, 6.45) is 0. The van der Waals surface area contributed by atoms with Crippen LogP contribution in [0.5, 0.6) is 23.0 Å². The van der Waals surface area contributed by atoms with Crippen LogP contribution in [0.3, 0.4) is 0 Å². The number of rotatable bonds is 2. The van der Waals surface area contributed by atoms with Crippen LogP contribution in [0.25, 0.3) is 0 Å². The molecule has 2 rings (SSSR count). The SMILES string of the molecule is Oc1ccc(Oc2ccc(O)cc2Br)cc1. The van der Waals surface area contributed by atoms with Gasteiger partial charge in [0, 0.05) is 0 Å². The number of benzene rings is 2. The van der Waals surface area contributed by atoms with Crippen LogP contribution in [-0.4, -0.2) is 10.2 Å². The number of hydrogen-bond acceptors (Lipinski definition) is 3. The van der Waals surface area contributed by atoms with E-state index >= 15 is 0 Å². The van der Waals surface area contributed by atoms with Crippen molar-refractivity contribution < 1.29 is 14.9 Å². The lowest BCUT2D eigenvalue weighted by Crippen LogP contribution is -1.84. The predicted octanol–water partition coefficient (Wildman–Crippen LogP) is 3.65. The average molecular weight is 281 g/mol. The summed E-state index contributed by atoms with van der Waals surface area (Å²) in [4.78, 5) is 0. The van der Waals surface area contributed by atoms with Crippen molar-refractivity contribution in [3.05, 3.63) is 46.9 Å². The van der Waals surface area contributed by atoms with E-state index in [2.05, 4.69) is 15.9 Å². The maximum absolute atomic E-state index is 9.22. The molecule has 0 saturated carbocycles. The van der Waals surface area contributed by atoms with Gasteiger partial charge in [0.1, 0.15) is 23.0 Å². The minimum atomic E-state index is 0.171. The van der Waals surface area contributed by atoms with Gasteiger partial charge in [-0.3, -0.25) is 0 Å². The van der Waals surface area contributed by atoms with Crippen LogP contribution in [0.1, 0.15) is 0 Å². The smallest absolute Gasteiger partial charge is 0.141 e. The molecule has 0 aliphatic heterocycles. The third-order valence-electron chi connectivity index (χ3n) is 1.98. The normalized spacial score (nSPS) is 10.1. The van der Waals surface area contributed by atoms with E-state index in [1.54, 1.807) is 42.5 Å². The Bertz CT molecular complexity index is 494. The topological polar surface area (TPSA) is 49.7 Å². The maximum Gasteiger partial charge on any atom is 0.141 e. The summed E-state index contributed by atoms with van der Waals surface area (Å²) in [5, 5.41) is 18.3. The monoisotopic (exact) mass is 280 g/mol. The predicted molar refractivity (Wildman–Crippen MR) is 64.0 cm³/mol. The molecule has 0 radical (unpaired) electrons. The van der Waals surface area contributed by atoms with Crippen LogP contribution in [0.2, 0.25) is 0 Å². The molecule has 0 fully saturated rings. The lowest BCUT2D eigenvalue weighted by atomic mass is 10.3. The molecule has 0 unspecified atom stereocenters. The second-order valence-corrected chi connectivity index (χ2v) is 4.07. The Morgan fingerprint density at radius 1 is 0.875 bits per heavy atom. The molecule has 16 heavy (non-hydrogen) atoms. The average Bonchev–Trinajstić information content (AvgIpc) is 2.25. The fourth-order valence-corrected chi connectivity index (χ4v) is 1.66. The fourth-order valence-electron chi connectivity index (χ4n) is 1.21. The summed E-state index contributed by atoms with van der Waals surface area (Å²) in [6, 6.07) is 11.2. The first kappa shape index (κ1) is 10.8. The van der Waals surface area contributed by atoms with Gasteiger partial charge in [-0.15, -0.1) is 0 Å². The van der Waals surface area contributed by atoms with Gasteiger partial charge < -0.3 is 14.9 Å². The van der Waals surface area contributed by atoms with Crippen molar-refractivity contribution in [2.24, 2.45) is 0 Å². The summed E-state index contributed by atoms with van der Waals surface area (Å²) < 4.78 is 6.22. The highest BCUT2D eigenvalue weighted by Crippen LogP contribution is 2.32. The Labute approximate surface area is 101 Å². The number of ether oxygens (including phenoxy) is 1. The van der Waals surface area contributed by atoms with E-state index in [0.717, 1.165) is 0 Å². The molecule has 0 aliphatic carbocycles. The zero-order valence-corrected chi connectivity index (χ0v) is 9.81. The molecule has 0 amide bonds. The van der Waals surface area contributed by atoms with Crippen molar-refractivity contribution in [3.63, 3.8) is 0 Å². The van der Waals surface area contributed by atoms with Gasteiger partial charge in [-0.2, -0.15) is 0 Å². The lowest BCUT2D eigenvalue weighted by Gasteiger charge is -2.07. The quantitative estimate of drug-likeness (QED) is 0.883. The second kappa shape index (κ2) is 4.45. The minimum absolute atomic E-state index is 0.171. The number of phenols is 2. The Morgan fingerprint density at radius 3 is 2.12 bits per heavy atom. The highest BCUT2D eigenvalue weighted by atomic mass is 79.9. The Morgan fingerprint density at radius 2 is 1.50 bits per heavy atom. The molecule has 0 aliphatic rings. The van der Waals surface area contributed by atoms with Gasteiger partial charge in [-0.1, -0.05) is 0 Å². The molecule has 0 spiro atoms. The Kier molecular flexibility index (Phi) is 3.01. The Hall–Kier alpha value is -1.68. The lowest BCUT2D eigenvalue weighted by molar-refractivity contribution is 0.457. The van der Waals surface area contributed by atoms with Crippen LogP contribution in [-0.2, 0) is 0 Å². The molecule has 2 N–H and O–H groups in total. The van der Waals surface area contributed by atoms with E-state index in [1.807, 2.05) is 0 Å². The summed E-state index contributed by atoms with van der Waals surface area (Å²) in [6.45, 7) is 0. The van der Waals surface area contributed by atoms with Crippen molar-refractivity contribution in [1.82, 2.24) is 0 Å². The first-order chi connectivity index (χ1) is 7.65. The maximum atomic E-state index is 9.22. The Balaban J connectivity index is 2.23. The zero-order chi connectivity index (χ0) is 11.5. The van der Waals surface area contributed by atoms with Crippen molar-refractivity contribution in [3.8, 4) is 23.0 Å². The summed E-state index contributed by atoms with van der Waals surface area (Å²) in [7, 11) is 0. The molecule has 82 valence electrons. The van der Waals surface area contributed by atoms with Crippen LogP contribution < -0.4 is 4.74 Å². The number of halogens is 1. The van der Waals surface area contributed by atoms with E-state index in [-0.39, 0.29) is 11.5 Å². The molecule has 3 nitrogen and oxygen atoms in total. The standard InChI is InChI=1S/C12H9BrO3/c13-11-7-9(15)3-6-12(11)16-10-4-1-8(14)2-5-10/h1-7,14-15H. The molecule has 0 atom stereocenters. The van der Waals surface area contributed by atoms with E-state index in [1.165, 1.54) is 0 Å². The fraction of sp³-hybridized carbons (Fsp3) is 0. The van der Waals surface area contributed by atoms with Crippen molar-refractivity contribution >= 4 is 15.9 Å². The molecule has 0 aromatic heterocycles. The van der Waals surface area contributed by atoms with E-state index in [9.17, 15) is 5.11 Å². The van der Waals surface area contributed by atoms with E-state index in [4.69, 9.17) is 9.84 Å². The molecular weight excluding hydrogens is 272 g/mol. The van der Waals surface area contributed by atoms with E-state index < -0.39 is 0 Å². The van der Waals surface area contributed by atoms with Crippen LogP contribution in [0, 0.1) is 0 Å². The van der Waals surface area contributed by atoms with Crippen molar-refractivity contribution in [2.75, 3.05) is 0 Å². The van der Waals surface area contributed by atoms with E-state index in [0.29, 0.717) is 16.0 Å². The third kappa shape index (κ3) is 2.46. The molecule has 4 heteroatoms. The van der Waals surface area contributed by atoms with Crippen molar-refractivity contribution in [1.29, 1.82) is 0 Å². The van der Waals surface area contributed by atoms with Crippen LogP contribution in [0.4, 0.5) is 0 Å². The molecule has 2 aromatic carbocycles. The van der Waals surface area contributed by atoms with Crippen LogP contribution in [0.15, 0.2) is 46.9 Å². The second-order valence-electron chi connectivity index (χ2n) is 3.21. The minimum Gasteiger partial charge on any atom is -0.508 e. The summed E-state index contributed by atoms with van der Waals surface area (Å²) in [5.41, 5.74) is 0. The first-order valence-corrected chi connectivity index (χ1v) is 5.40. The largest absolute Gasteiger partial charge is 0.508 e. The van der Waals surface area contributed by atoms with Gasteiger partial charge in [-0.05, 0) is 58.4 Å². The van der Waals surface area contributed by atoms with Gasteiger partial charge >= 0.3 is 0 Å².